The van der Waals surface area contributed by atoms with E-state index in [0.29, 0.717) is 23.9 Å². The summed E-state index contributed by atoms with van der Waals surface area (Å²) in [5.41, 5.74) is 9.72. The van der Waals surface area contributed by atoms with Gasteiger partial charge in [-0.3, -0.25) is 0 Å². The van der Waals surface area contributed by atoms with Crippen LogP contribution in [0.1, 0.15) is 54.7 Å². The number of rotatable bonds is 2. The number of hydrogen-bond acceptors (Lipinski definition) is 6. The number of aliphatic imine (C=N–C) groups is 1. The topological polar surface area (TPSA) is 83.9 Å². The second kappa shape index (κ2) is 8.14. The minimum Gasteiger partial charge on any atom is -0.487 e. The summed E-state index contributed by atoms with van der Waals surface area (Å²) in [6.45, 7) is 0. The third-order valence-corrected chi connectivity index (χ3v) is 7.59. The third-order valence-electron chi connectivity index (χ3n) is 7.59. The molecule has 2 N–H and O–H groups in total. The van der Waals surface area contributed by atoms with Gasteiger partial charge in [-0.15, -0.1) is 0 Å². The number of nitriles is 1. The van der Waals surface area contributed by atoms with E-state index in [-0.39, 0.29) is 5.60 Å². The Morgan fingerprint density at radius 2 is 1.89 bits per heavy atom. The van der Waals surface area contributed by atoms with Gasteiger partial charge in [0.15, 0.2) is 0 Å². The number of ether oxygens (including phenoxy) is 1. The van der Waals surface area contributed by atoms with Crippen LogP contribution < -0.4 is 10.5 Å². The zero-order chi connectivity index (χ0) is 24.0. The molecule has 35 heavy (non-hydrogen) atoms. The van der Waals surface area contributed by atoms with Crippen LogP contribution in [0.2, 0.25) is 0 Å². The van der Waals surface area contributed by atoms with Gasteiger partial charge >= 0.3 is 0 Å². The van der Waals surface area contributed by atoms with Crippen molar-refractivity contribution in [1.82, 2.24) is 5.06 Å². The first-order valence-corrected chi connectivity index (χ1v) is 12.2. The van der Waals surface area contributed by atoms with E-state index in [1.165, 1.54) is 5.56 Å². The molecule has 0 aromatic heterocycles. The van der Waals surface area contributed by atoms with Gasteiger partial charge in [0.1, 0.15) is 11.4 Å². The Balaban J connectivity index is 1.43. The Kier molecular flexibility index (Phi) is 5.05. The summed E-state index contributed by atoms with van der Waals surface area (Å²) < 4.78 is 6.84. The van der Waals surface area contributed by atoms with Crippen LogP contribution in [0.15, 0.2) is 77.8 Å². The molecule has 0 amide bonds. The fraction of sp³-hybridized carbons (Fsp3) is 0.310. The highest BCUT2D eigenvalue weighted by atomic mass is 16.7. The Morgan fingerprint density at radius 3 is 2.66 bits per heavy atom. The minimum atomic E-state index is -0.937. The molecular weight excluding hydrogens is 436 g/mol. The van der Waals surface area contributed by atoms with Crippen molar-refractivity contribution in [2.24, 2.45) is 10.7 Å². The van der Waals surface area contributed by atoms with E-state index in [2.05, 4.69) is 42.5 Å². The van der Waals surface area contributed by atoms with E-state index < -0.39 is 5.72 Å². The highest BCUT2D eigenvalue weighted by molar-refractivity contribution is 5.79. The van der Waals surface area contributed by atoms with Crippen molar-refractivity contribution in [2.45, 2.75) is 49.3 Å². The molecule has 2 spiro atoms. The van der Waals surface area contributed by atoms with Crippen LogP contribution in [0.5, 0.6) is 5.75 Å². The molecule has 2 heterocycles. The van der Waals surface area contributed by atoms with Crippen molar-refractivity contribution < 1.29 is 9.57 Å². The molecule has 2 aliphatic heterocycles. The number of hydroxylamine groups is 2. The van der Waals surface area contributed by atoms with Gasteiger partial charge in [0.05, 0.1) is 17.2 Å². The van der Waals surface area contributed by atoms with Gasteiger partial charge in [-0.05, 0) is 72.6 Å². The van der Waals surface area contributed by atoms with Gasteiger partial charge in [0.25, 0.3) is 0 Å². The second-order valence-corrected chi connectivity index (χ2v) is 9.91. The normalized spacial score (nSPS) is 27.3. The summed E-state index contributed by atoms with van der Waals surface area (Å²) in [4.78, 5) is 11.3. The molecular formula is C29H28N4O2. The van der Waals surface area contributed by atoms with Gasteiger partial charge < -0.3 is 10.5 Å². The SMILES string of the molecule is CN1OC2(CC3(CCCC(c4ccccc4)C3)Oc3ccc(-c4cccc(C#N)c4)cc32)N=C1N. The maximum atomic E-state index is 9.34. The molecule has 3 aromatic rings. The summed E-state index contributed by atoms with van der Waals surface area (Å²) in [7, 11) is 1.79. The number of guanidine groups is 1. The number of benzene rings is 3. The summed E-state index contributed by atoms with van der Waals surface area (Å²) in [5, 5.41) is 10.9. The molecule has 1 fully saturated rings. The monoisotopic (exact) mass is 464 g/mol. The highest BCUT2D eigenvalue weighted by Gasteiger charge is 2.55. The minimum absolute atomic E-state index is 0.361. The zero-order valence-corrected chi connectivity index (χ0v) is 19.8. The van der Waals surface area contributed by atoms with E-state index in [1.807, 2.05) is 36.4 Å². The van der Waals surface area contributed by atoms with Gasteiger partial charge in [-0.1, -0.05) is 48.5 Å². The number of nitrogens with two attached hydrogens (primary N) is 1. The van der Waals surface area contributed by atoms with E-state index >= 15 is 0 Å². The van der Waals surface area contributed by atoms with Gasteiger partial charge in [-0.2, -0.15) is 5.26 Å². The Bertz CT molecular complexity index is 1350. The number of hydrogen-bond donors (Lipinski definition) is 1. The Labute approximate surface area is 205 Å². The van der Waals surface area contributed by atoms with Crippen LogP contribution in [-0.4, -0.2) is 23.7 Å². The first-order valence-electron chi connectivity index (χ1n) is 12.2. The van der Waals surface area contributed by atoms with Crippen LogP contribution >= 0.6 is 0 Å². The summed E-state index contributed by atoms with van der Waals surface area (Å²) >= 11 is 0. The van der Waals surface area contributed by atoms with Gasteiger partial charge in [0.2, 0.25) is 11.7 Å². The molecule has 6 heteroatoms. The lowest BCUT2D eigenvalue weighted by Crippen LogP contribution is -2.50. The molecule has 6 nitrogen and oxygen atoms in total. The fourth-order valence-corrected chi connectivity index (χ4v) is 5.99. The zero-order valence-electron chi connectivity index (χ0n) is 19.8. The molecule has 1 saturated carbocycles. The lowest BCUT2D eigenvalue weighted by Gasteiger charge is -2.48. The molecule has 6 rings (SSSR count). The average Bonchev–Trinajstić information content (AvgIpc) is 3.17. The molecule has 3 aliphatic rings. The van der Waals surface area contributed by atoms with Gasteiger partial charge in [-0.25, -0.2) is 14.9 Å². The molecule has 1 aliphatic carbocycles. The maximum Gasteiger partial charge on any atom is 0.222 e. The van der Waals surface area contributed by atoms with Crippen molar-refractivity contribution >= 4 is 5.96 Å². The van der Waals surface area contributed by atoms with Crippen molar-refractivity contribution in [1.29, 1.82) is 5.26 Å². The lowest BCUT2D eigenvalue weighted by atomic mass is 9.70. The van der Waals surface area contributed by atoms with Crippen molar-refractivity contribution in [3.63, 3.8) is 0 Å². The van der Waals surface area contributed by atoms with E-state index in [9.17, 15) is 5.26 Å². The van der Waals surface area contributed by atoms with E-state index in [0.717, 1.165) is 48.1 Å². The van der Waals surface area contributed by atoms with Crippen molar-refractivity contribution in [2.75, 3.05) is 7.05 Å². The largest absolute Gasteiger partial charge is 0.487 e. The number of nitrogens with zero attached hydrogens (tertiary/aromatic N) is 3. The average molecular weight is 465 g/mol. The van der Waals surface area contributed by atoms with Crippen LogP contribution in [0.25, 0.3) is 11.1 Å². The quantitative estimate of drug-likeness (QED) is 0.545. The van der Waals surface area contributed by atoms with Crippen LogP contribution in [0, 0.1) is 11.3 Å². The predicted molar refractivity (Wildman–Crippen MR) is 134 cm³/mol. The van der Waals surface area contributed by atoms with Crippen molar-refractivity contribution in [3.05, 3.63) is 89.5 Å². The Morgan fingerprint density at radius 1 is 1.06 bits per heavy atom. The summed E-state index contributed by atoms with van der Waals surface area (Å²) in [5.74, 6) is 1.58. The smallest absolute Gasteiger partial charge is 0.222 e. The summed E-state index contributed by atoms with van der Waals surface area (Å²) in [6, 6.07) is 26.7. The van der Waals surface area contributed by atoms with Crippen LogP contribution in [0.4, 0.5) is 0 Å². The van der Waals surface area contributed by atoms with E-state index in [1.54, 1.807) is 12.1 Å². The van der Waals surface area contributed by atoms with Crippen molar-refractivity contribution in [3.8, 4) is 22.9 Å². The number of fused-ring (bicyclic) bond motifs is 2. The first-order chi connectivity index (χ1) is 17.0. The second-order valence-electron chi connectivity index (χ2n) is 9.91. The maximum absolute atomic E-state index is 9.34. The third kappa shape index (κ3) is 3.73. The molecule has 3 aromatic carbocycles. The standard InChI is InChI=1S/C29H28N4O2/c1-33-27(31)32-29(35-33)19-28(14-6-11-24(17-28)21-8-3-2-4-9-21)34-26-13-12-23(16-25(26)29)22-10-5-7-20(15-22)18-30/h2-5,7-10,12-13,15-16,24H,6,11,14,17,19H2,1H3,(H2,31,32). The first kappa shape index (κ1) is 21.7. The van der Waals surface area contributed by atoms with Crippen LogP contribution in [0.3, 0.4) is 0 Å². The van der Waals surface area contributed by atoms with Crippen LogP contribution in [-0.2, 0) is 10.6 Å². The molecule has 176 valence electrons. The Hall–Kier alpha value is -3.82. The molecule has 0 saturated heterocycles. The van der Waals surface area contributed by atoms with E-state index in [4.69, 9.17) is 20.3 Å². The molecule has 0 radical (unpaired) electrons. The molecule has 0 bridgehead atoms. The molecule has 3 unspecified atom stereocenters. The fourth-order valence-electron chi connectivity index (χ4n) is 5.99. The summed E-state index contributed by atoms with van der Waals surface area (Å²) in [6.07, 6.45) is 4.69. The predicted octanol–water partition coefficient (Wildman–Crippen LogP) is 5.45. The molecule has 3 atom stereocenters. The highest BCUT2D eigenvalue weighted by Crippen LogP contribution is 2.55. The lowest BCUT2D eigenvalue weighted by molar-refractivity contribution is -0.208. The van der Waals surface area contributed by atoms with Gasteiger partial charge in [0, 0.05) is 13.5 Å².